The van der Waals surface area contributed by atoms with Crippen LogP contribution in [-0.2, 0) is 6.42 Å². The van der Waals surface area contributed by atoms with Crippen LogP contribution in [0.25, 0.3) is 0 Å². The molecule has 0 aliphatic rings. The Bertz CT molecular complexity index is 506. The Morgan fingerprint density at radius 3 is 2.56 bits per heavy atom. The number of H-pyrrole nitrogens is 1. The van der Waals surface area contributed by atoms with Gasteiger partial charge in [-0.25, -0.2) is 0 Å². The molecule has 1 rings (SSSR count). The van der Waals surface area contributed by atoms with Crippen LogP contribution in [0.1, 0.15) is 50.2 Å². The van der Waals surface area contributed by atoms with Crippen LogP contribution in [0.2, 0.25) is 0 Å². The molecule has 0 radical (unpaired) electrons. The first-order chi connectivity index (χ1) is 8.30. The highest BCUT2D eigenvalue weighted by atomic mass is 79.9. The van der Waals surface area contributed by atoms with Gasteiger partial charge in [0, 0.05) is 15.7 Å². The lowest BCUT2D eigenvalue weighted by molar-refractivity contribution is 0.0909. The molecule has 0 unspecified atom stereocenters. The number of carbonyl (C=O) groups is 1. The number of aromatic amines is 1. The maximum atomic E-state index is 12.0. The van der Waals surface area contributed by atoms with E-state index in [9.17, 15) is 9.59 Å². The molecular weight excluding hydrogens is 296 g/mol. The molecule has 4 nitrogen and oxygen atoms in total. The maximum Gasteiger partial charge on any atom is 0.261 e. The number of pyridine rings is 1. The van der Waals surface area contributed by atoms with Gasteiger partial charge in [0.25, 0.3) is 11.5 Å². The highest BCUT2D eigenvalue weighted by Gasteiger charge is 2.21. The van der Waals surface area contributed by atoms with Crippen LogP contribution in [0.4, 0.5) is 0 Å². The molecule has 1 heterocycles. The van der Waals surface area contributed by atoms with Crippen molar-refractivity contribution in [3.63, 3.8) is 0 Å². The first-order valence-corrected chi connectivity index (χ1v) is 6.84. The summed E-state index contributed by atoms with van der Waals surface area (Å²) < 4.78 is 0.754. The molecular formula is C13H19BrN2O2. The van der Waals surface area contributed by atoms with Crippen molar-refractivity contribution in [1.29, 1.82) is 0 Å². The molecule has 0 saturated carbocycles. The van der Waals surface area contributed by atoms with Crippen molar-refractivity contribution in [3.05, 3.63) is 32.2 Å². The van der Waals surface area contributed by atoms with E-state index in [2.05, 4.69) is 26.2 Å². The number of aromatic nitrogens is 1. The first-order valence-electron chi connectivity index (χ1n) is 6.05. The molecule has 5 heteroatoms. The molecule has 0 fully saturated rings. The molecule has 0 aromatic carbocycles. The lowest BCUT2D eigenvalue weighted by Gasteiger charge is -2.24. The molecule has 18 heavy (non-hydrogen) atoms. The van der Waals surface area contributed by atoms with E-state index in [1.54, 1.807) is 6.07 Å². The predicted molar refractivity (Wildman–Crippen MR) is 76.0 cm³/mol. The van der Waals surface area contributed by atoms with E-state index in [1.165, 1.54) is 0 Å². The molecule has 0 saturated heterocycles. The van der Waals surface area contributed by atoms with Crippen molar-refractivity contribution < 1.29 is 4.79 Å². The fraction of sp³-hybridized carbons (Fsp3) is 0.538. The molecule has 0 aliphatic heterocycles. The van der Waals surface area contributed by atoms with E-state index in [0.717, 1.165) is 16.6 Å². The highest BCUT2D eigenvalue weighted by Crippen LogP contribution is 2.15. The number of hydrogen-bond acceptors (Lipinski definition) is 2. The highest BCUT2D eigenvalue weighted by molar-refractivity contribution is 9.10. The average molecular weight is 315 g/mol. The minimum Gasteiger partial charge on any atom is -0.347 e. The summed E-state index contributed by atoms with van der Waals surface area (Å²) >= 11 is 3.36. The zero-order valence-corrected chi connectivity index (χ0v) is 12.8. The number of rotatable bonds is 4. The Hall–Kier alpha value is -1.10. The summed E-state index contributed by atoms with van der Waals surface area (Å²) in [7, 11) is 0. The smallest absolute Gasteiger partial charge is 0.261 e. The summed E-state index contributed by atoms with van der Waals surface area (Å²) in [5.41, 5.74) is 0.269. The number of amides is 1. The van der Waals surface area contributed by atoms with Gasteiger partial charge in [0.2, 0.25) is 0 Å². The molecule has 0 aliphatic carbocycles. The number of aryl methyl sites for hydroxylation is 1. The van der Waals surface area contributed by atoms with Gasteiger partial charge >= 0.3 is 0 Å². The van der Waals surface area contributed by atoms with Crippen LogP contribution in [0.5, 0.6) is 0 Å². The van der Waals surface area contributed by atoms with E-state index >= 15 is 0 Å². The normalized spacial score (nSPS) is 11.4. The van der Waals surface area contributed by atoms with E-state index in [4.69, 9.17) is 0 Å². The average Bonchev–Trinajstić information content (AvgIpc) is 2.30. The molecule has 1 aromatic heterocycles. The molecule has 2 N–H and O–H groups in total. The van der Waals surface area contributed by atoms with Gasteiger partial charge in [-0.15, -0.1) is 0 Å². The fourth-order valence-electron chi connectivity index (χ4n) is 1.43. The van der Waals surface area contributed by atoms with E-state index in [0.29, 0.717) is 6.42 Å². The minimum atomic E-state index is -0.348. The summed E-state index contributed by atoms with van der Waals surface area (Å²) in [6.45, 7) is 7.78. The van der Waals surface area contributed by atoms with Crippen LogP contribution < -0.4 is 10.9 Å². The Labute approximate surface area is 115 Å². The summed E-state index contributed by atoms with van der Waals surface area (Å²) in [6, 6.07) is 1.58. The van der Waals surface area contributed by atoms with Gasteiger partial charge in [-0.3, -0.25) is 9.59 Å². The number of carbonyl (C=O) groups excluding carboxylic acids is 1. The second kappa shape index (κ2) is 5.69. The Morgan fingerprint density at radius 2 is 2.06 bits per heavy atom. The molecule has 0 spiro atoms. The molecule has 0 atom stereocenters. The van der Waals surface area contributed by atoms with Crippen molar-refractivity contribution >= 4 is 21.8 Å². The van der Waals surface area contributed by atoms with Crippen LogP contribution in [0, 0.1) is 0 Å². The molecule has 1 aromatic rings. The minimum absolute atomic E-state index is 0.139. The molecule has 100 valence electrons. The third-order valence-corrected chi connectivity index (χ3v) is 3.71. The van der Waals surface area contributed by atoms with Gasteiger partial charge in [0.1, 0.15) is 5.56 Å². The zero-order valence-electron chi connectivity index (χ0n) is 11.2. The van der Waals surface area contributed by atoms with Gasteiger partial charge in [-0.1, -0.05) is 13.8 Å². The van der Waals surface area contributed by atoms with Crippen molar-refractivity contribution in [2.24, 2.45) is 0 Å². The van der Waals surface area contributed by atoms with Crippen molar-refractivity contribution in [1.82, 2.24) is 10.3 Å². The lowest BCUT2D eigenvalue weighted by Crippen LogP contribution is -2.44. The van der Waals surface area contributed by atoms with Crippen LogP contribution in [0.15, 0.2) is 15.3 Å². The van der Waals surface area contributed by atoms with Crippen molar-refractivity contribution in [3.8, 4) is 0 Å². The third kappa shape index (κ3) is 3.45. The number of halogens is 1. The summed E-state index contributed by atoms with van der Waals surface area (Å²) in [5, 5.41) is 2.85. The van der Waals surface area contributed by atoms with E-state index in [-0.39, 0.29) is 22.6 Å². The summed E-state index contributed by atoms with van der Waals surface area (Å²) in [4.78, 5) is 26.6. The van der Waals surface area contributed by atoms with Crippen LogP contribution in [0.3, 0.4) is 0 Å². The Balaban J connectivity index is 3.08. The second-order valence-electron chi connectivity index (χ2n) is 4.88. The van der Waals surface area contributed by atoms with Gasteiger partial charge in [-0.05, 0) is 48.7 Å². The maximum absolute atomic E-state index is 12.0. The quantitative estimate of drug-likeness (QED) is 0.897. The monoisotopic (exact) mass is 314 g/mol. The lowest BCUT2D eigenvalue weighted by atomic mass is 10.0. The Kier molecular flexibility index (Phi) is 4.73. The zero-order chi connectivity index (χ0) is 13.9. The fourth-order valence-corrected chi connectivity index (χ4v) is 2.04. The Morgan fingerprint density at radius 1 is 1.44 bits per heavy atom. The van der Waals surface area contributed by atoms with Gasteiger partial charge < -0.3 is 10.3 Å². The van der Waals surface area contributed by atoms with Gasteiger partial charge in [0.15, 0.2) is 0 Å². The van der Waals surface area contributed by atoms with E-state index in [1.807, 2.05) is 27.7 Å². The van der Waals surface area contributed by atoms with Crippen LogP contribution in [-0.4, -0.2) is 16.4 Å². The summed E-state index contributed by atoms with van der Waals surface area (Å²) in [6.07, 6.45) is 1.50. The topological polar surface area (TPSA) is 62.0 Å². The summed E-state index contributed by atoms with van der Waals surface area (Å²) in [5.74, 6) is -0.341. The van der Waals surface area contributed by atoms with Crippen molar-refractivity contribution in [2.75, 3.05) is 0 Å². The SMILES string of the molecule is CCc1[nH]c(=O)c(C(=O)NC(C)(C)CC)cc1Br. The first kappa shape index (κ1) is 15.0. The third-order valence-electron chi connectivity index (χ3n) is 3.00. The second-order valence-corrected chi connectivity index (χ2v) is 5.74. The van der Waals surface area contributed by atoms with Gasteiger partial charge in [0.05, 0.1) is 0 Å². The number of nitrogens with one attached hydrogen (secondary N) is 2. The van der Waals surface area contributed by atoms with Gasteiger partial charge in [-0.2, -0.15) is 0 Å². The standard InChI is InChI=1S/C13H19BrN2O2/c1-5-10-9(14)7-8(11(17)15-10)12(18)16-13(3,4)6-2/h7H,5-6H2,1-4H3,(H,15,17)(H,16,18). The predicted octanol–water partition coefficient (Wildman–Crippen LogP) is 2.62. The van der Waals surface area contributed by atoms with Crippen LogP contribution >= 0.6 is 15.9 Å². The molecule has 0 bridgehead atoms. The van der Waals surface area contributed by atoms with E-state index < -0.39 is 0 Å². The van der Waals surface area contributed by atoms with Crippen molar-refractivity contribution in [2.45, 2.75) is 46.1 Å². The molecule has 1 amide bonds. The largest absolute Gasteiger partial charge is 0.347 e. The number of hydrogen-bond donors (Lipinski definition) is 2.